The molecule has 0 saturated carbocycles. The summed E-state index contributed by atoms with van der Waals surface area (Å²) in [6.07, 6.45) is 0. The van der Waals surface area contributed by atoms with Crippen molar-refractivity contribution in [2.75, 3.05) is 5.32 Å². The van der Waals surface area contributed by atoms with Gasteiger partial charge in [0.1, 0.15) is 4.75 Å². The van der Waals surface area contributed by atoms with Gasteiger partial charge in [-0.05, 0) is 38.1 Å². The van der Waals surface area contributed by atoms with Gasteiger partial charge in [0.2, 0.25) is 5.91 Å². The van der Waals surface area contributed by atoms with Gasteiger partial charge in [0, 0.05) is 16.0 Å². The number of hydrogen-bond acceptors (Lipinski definition) is 5. The van der Waals surface area contributed by atoms with E-state index < -0.39 is 20.5 Å². The fourth-order valence-electron chi connectivity index (χ4n) is 2.35. The maximum absolute atomic E-state index is 12.9. The first kappa shape index (κ1) is 19.5. The Labute approximate surface area is 167 Å². The third-order valence-electron chi connectivity index (χ3n) is 4.14. The van der Waals surface area contributed by atoms with Gasteiger partial charge < -0.3 is 5.32 Å². The lowest BCUT2D eigenvalue weighted by molar-refractivity contribution is -0.117. The number of halogens is 1. The van der Waals surface area contributed by atoms with Crippen molar-refractivity contribution in [3.63, 3.8) is 0 Å². The minimum absolute atomic E-state index is 0.0381. The number of nitrogens with one attached hydrogen (secondary N) is 1. The highest BCUT2D eigenvalue weighted by Crippen LogP contribution is 2.30. The number of anilines is 1. The van der Waals surface area contributed by atoms with E-state index in [-0.39, 0.29) is 4.90 Å². The molecule has 0 aliphatic carbocycles. The number of nitrogens with zero attached hydrogens (tertiary/aromatic N) is 1. The van der Waals surface area contributed by atoms with Crippen LogP contribution in [0.3, 0.4) is 0 Å². The molecule has 5 nitrogen and oxygen atoms in total. The molecule has 3 aromatic rings. The number of benzene rings is 2. The summed E-state index contributed by atoms with van der Waals surface area (Å²) in [5.41, 5.74) is 1.64. The lowest BCUT2D eigenvalue weighted by atomic mass is 10.2. The van der Waals surface area contributed by atoms with Crippen LogP contribution in [0.5, 0.6) is 0 Å². The third kappa shape index (κ3) is 3.90. The Kier molecular flexibility index (Phi) is 5.37. The third-order valence-corrected chi connectivity index (χ3v) is 7.57. The average Bonchev–Trinajstić information content (AvgIpc) is 3.11. The van der Waals surface area contributed by atoms with Gasteiger partial charge in [0.25, 0.3) is 0 Å². The standard InChI is InChI=1S/C19H17ClN2O3S2/c1-19(2,27(24,25)15-10-8-14(20)9-11-15)17(23)22-18-21-16(12-26-18)13-6-4-3-5-7-13/h3-12H,1-2H3,(H,21,22,23). The first-order valence-corrected chi connectivity index (χ1v) is 10.8. The molecule has 0 saturated heterocycles. The zero-order valence-electron chi connectivity index (χ0n) is 14.6. The highest BCUT2D eigenvalue weighted by Gasteiger charge is 2.43. The van der Waals surface area contributed by atoms with Crippen LogP contribution in [-0.4, -0.2) is 24.1 Å². The topological polar surface area (TPSA) is 76.1 Å². The van der Waals surface area contributed by atoms with Crippen LogP contribution in [0.25, 0.3) is 11.3 Å². The summed E-state index contributed by atoms with van der Waals surface area (Å²) in [5.74, 6) is -0.647. The molecule has 8 heteroatoms. The Bertz CT molecular complexity index is 1060. The Morgan fingerprint density at radius 3 is 2.33 bits per heavy atom. The molecular formula is C19H17ClN2O3S2. The molecule has 0 unspecified atom stereocenters. The van der Waals surface area contributed by atoms with Gasteiger partial charge in [-0.2, -0.15) is 0 Å². The van der Waals surface area contributed by atoms with Gasteiger partial charge in [0.15, 0.2) is 15.0 Å². The summed E-state index contributed by atoms with van der Waals surface area (Å²) >= 11 is 7.06. The van der Waals surface area contributed by atoms with Crippen LogP contribution >= 0.6 is 22.9 Å². The van der Waals surface area contributed by atoms with Crippen LogP contribution in [0.2, 0.25) is 5.02 Å². The van der Waals surface area contributed by atoms with E-state index in [2.05, 4.69) is 10.3 Å². The first-order valence-electron chi connectivity index (χ1n) is 8.04. The number of carbonyl (C=O) groups is 1. The second-order valence-corrected chi connectivity index (χ2v) is 10.1. The number of aromatic nitrogens is 1. The number of carbonyl (C=O) groups excluding carboxylic acids is 1. The van der Waals surface area contributed by atoms with Crippen molar-refractivity contribution in [1.82, 2.24) is 4.98 Å². The molecule has 27 heavy (non-hydrogen) atoms. The molecule has 0 fully saturated rings. The molecule has 0 bridgehead atoms. The lowest BCUT2D eigenvalue weighted by Crippen LogP contribution is -2.44. The molecule has 3 rings (SSSR count). The second-order valence-electron chi connectivity index (χ2n) is 6.33. The van der Waals surface area contributed by atoms with E-state index in [0.717, 1.165) is 5.56 Å². The average molecular weight is 421 g/mol. The van der Waals surface area contributed by atoms with Gasteiger partial charge in [0.05, 0.1) is 10.6 Å². The van der Waals surface area contributed by atoms with E-state index >= 15 is 0 Å². The number of thiazole rings is 1. The smallest absolute Gasteiger partial charge is 0.247 e. The van der Waals surface area contributed by atoms with E-state index in [0.29, 0.717) is 15.8 Å². The second kappa shape index (κ2) is 7.42. The van der Waals surface area contributed by atoms with Crippen molar-refractivity contribution in [3.05, 3.63) is 65.0 Å². The van der Waals surface area contributed by atoms with Crippen LogP contribution in [-0.2, 0) is 14.6 Å². The van der Waals surface area contributed by atoms with Gasteiger partial charge in [-0.15, -0.1) is 11.3 Å². The van der Waals surface area contributed by atoms with Crippen LogP contribution in [0.1, 0.15) is 13.8 Å². The van der Waals surface area contributed by atoms with Crippen LogP contribution < -0.4 is 5.32 Å². The summed E-state index contributed by atoms with van der Waals surface area (Å²) in [4.78, 5) is 17.1. The van der Waals surface area contributed by atoms with E-state index in [1.54, 1.807) is 0 Å². The van der Waals surface area contributed by atoms with E-state index in [1.165, 1.54) is 49.4 Å². The molecule has 0 aliphatic heterocycles. The maximum Gasteiger partial charge on any atom is 0.247 e. The molecule has 0 spiro atoms. The van der Waals surface area contributed by atoms with Gasteiger partial charge in [-0.3, -0.25) is 4.79 Å². The summed E-state index contributed by atoms with van der Waals surface area (Å²) in [7, 11) is -3.91. The molecule has 1 heterocycles. The number of hydrogen-bond donors (Lipinski definition) is 1. The Balaban J connectivity index is 1.82. The number of sulfone groups is 1. The zero-order valence-corrected chi connectivity index (χ0v) is 17.0. The molecule has 2 aromatic carbocycles. The molecular weight excluding hydrogens is 404 g/mol. The SMILES string of the molecule is CC(C)(C(=O)Nc1nc(-c2ccccc2)cs1)S(=O)(=O)c1ccc(Cl)cc1. The monoisotopic (exact) mass is 420 g/mol. The summed E-state index contributed by atoms with van der Waals surface area (Å²) in [6.45, 7) is 2.75. The highest BCUT2D eigenvalue weighted by molar-refractivity contribution is 7.93. The van der Waals surface area contributed by atoms with Crippen molar-refractivity contribution >= 4 is 43.8 Å². The molecule has 1 N–H and O–H groups in total. The molecule has 0 aliphatic rings. The summed E-state index contributed by atoms with van der Waals surface area (Å²) in [6, 6.07) is 15.3. The number of rotatable bonds is 5. The molecule has 0 atom stereocenters. The van der Waals surface area contributed by atoms with Crippen molar-refractivity contribution in [2.45, 2.75) is 23.5 Å². The Morgan fingerprint density at radius 2 is 1.70 bits per heavy atom. The van der Waals surface area contributed by atoms with Crippen LogP contribution in [0.15, 0.2) is 64.9 Å². The summed E-state index contributed by atoms with van der Waals surface area (Å²) in [5, 5.41) is 5.20. The van der Waals surface area contributed by atoms with Crippen molar-refractivity contribution in [3.8, 4) is 11.3 Å². The normalized spacial score (nSPS) is 12.0. The van der Waals surface area contributed by atoms with E-state index in [9.17, 15) is 13.2 Å². The molecule has 0 radical (unpaired) electrons. The summed E-state index contributed by atoms with van der Waals surface area (Å²) < 4.78 is 24.1. The van der Waals surface area contributed by atoms with Gasteiger partial charge in [-0.1, -0.05) is 41.9 Å². The van der Waals surface area contributed by atoms with E-state index in [1.807, 2.05) is 35.7 Å². The molecule has 1 amide bonds. The van der Waals surface area contributed by atoms with Gasteiger partial charge in [-0.25, -0.2) is 13.4 Å². The van der Waals surface area contributed by atoms with Crippen molar-refractivity contribution in [2.24, 2.45) is 0 Å². The largest absolute Gasteiger partial charge is 0.301 e. The van der Waals surface area contributed by atoms with Crippen LogP contribution in [0.4, 0.5) is 5.13 Å². The Morgan fingerprint density at radius 1 is 1.07 bits per heavy atom. The maximum atomic E-state index is 12.9. The van der Waals surface area contributed by atoms with E-state index in [4.69, 9.17) is 11.6 Å². The first-order chi connectivity index (χ1) is 12.7. The zero-order chi connectivity index (χ0) is 19.7. The molecule has 140 valence electrons. The fourth-order valence-corrected chi connectivity index (χ4v) is 4.57. The lowest BCUT2D eigenvalue weighted by Gasteiger charge is -2.23. The minimum Gasteiger partial charge on any atom is -0.301 e. The number of amides is 1. The van der Waals surface area contributed by atoms with Crippen molar-refractivity contribution in [1.29, 1.82) is 0 Å². The van der Waals surface area contributed by atoms with Gasteiger partial charge >= 0.3 is 0 Å². The minimum atomic E-state index is -3.91. The fraction of sp³-hybridized carbons (Fsp3) is 0.158. The quantitative estimate of drug-likeness (QED) is 0.651. The Hall–Kier alpha value is -2.22. The predicted octanol–water partition coefficient (Wildman–Crippen LogP) is 4.65. The molecule has 1 aromatic heterocycles. The highest BCUT2D eigenvalue weighted by atomic mass is 35.5. The van der Waals surface area contributed by atoms with Crippen LogP contribution in [0, 0.1) is 0 Å². The van der Waals surface area contributed by atoms with Crippen molar-refractivity contribution < 1.29 is 13.2 Å². The predicted molar refractivity (Wildman–Crippen MR) is 109 cm³/mol.